The number of likely N-dealkylation sites (N-methyl/N-ethyl adjacent to an activating group) is 1. The van der Waals surface area contributed by atoms with E-state index in [9.17, 15) is 9.59 Å². The fourth-order valence-electron chi connectivity index (χ4n) is 4.32. The van der Waals surface area contributed by atoms with Crippen molar-refractivity contribution in [2.45, 2.75) is 25.8 Å². The first-order valence-corrected chi connectivity index (χ1v) is 11.5. The van der Waals surface area contributed by atoms with Gasteiger partial charge in [-0.05, 0) is 61.2 Å². The van der Waals surface area contributed by atoms with Crippen molar-refractivity contribution in [3.05, 3.63) is 102 Å². The highest BCUT2D eigenvalue weighted by molar-refractivity contribution is 6.05. The summed E-state index contributed by atoms with van der Waals surface area (Å²) in [6, 6.07) is 21.5. The smallest absolute Gasteiger partial charge is 0.267 e. The van der Waals surface area contributed by atoms with Gasteiger partial charge in [-0.15, -0.1) is 0 Å². The number of hydrogen-bond donors (Lipinski definition) is 1. The van der Waals surface area contributed by atoms with E-state index in [1.807, 2.05) is 75.7 Å². The van der Waals surface area contributed by atoms with Crippen LogP contribution in [-0.2, 0) is 13.5 Å². The number of fused-ring (bicyclic) bond motifs is 1. The number of aryl methyl sites for hydroxylation is 2. The summed E-state index contributed by atoms with van der Waals surface area (Å²) in [5, 5.41) is 3.96. The number of benzene rings is 2. The number of carbonyl (C=O) groups excluding carboxylic acids is 2. The Morgan fingerprint density at radius 2 is 1.85 bits per heavy atom. The summed E-state index contributed by atoms with van der Waals surface area (Å²) in [6.45, 7) is 2.45. The molecular weight excluding hydrogens is 424 g/mol. The Morgan fingerprint density at radius 1 is 1.06 bits per heavy atom. The number of pyridine rings is 1. The standard InChI is InChI=1S/C28H30N4O2/c1-20-17-22-11-7-14-29-26(22)24(18-20)28(34)32(3)23(19-21-9-5-4-6-10-21)13-15-30-27(33)25-12-8-16-31(25)2/h4-12,14,16-18,23H,13,15,19H2,1-3H3,(H,30,33). The van der Waals surface area contributed by atoms with E-state index in [0.717, 1.165) is 16.5 Å². The van der Waals surface area contributed by atoms with Gasteiger partial charge in [0.25, 0.3) is 11.8 Å². The molecule has 2 aromatic heterocycles. The summed E-state index contributed by atoms with van der Waals surface area (Å²) in [7, 11) is 3.69. The largest absolute Gasteiger partial charge is 0.351 e. The zero-order valence-electron chi connectivity index (χ0n) is 19.9. The zero-order valence-corrected chi connectivity index (χ0v) is 19.9. The molecule has 1 atom stereocenters. The maximum Gasteiger partial charge on any atom is 0.267 e. The number of carbonyl (C=O) groups is 2. The van der Waals surface area contributed by atoms with Crippen LogP contribution in [0.2, 0.25) is 0 Å². The Morgan fingerprint density at radius 3 is 2.59 bits per heavy atom. The van der Waals surface area contributed by atoms with Gasteiger partial charge < -0.3 is 14.8 Å². The number of aromatic nitrogens is 2. The molecule has 0 aliphatic rings. The Bertz CT molecular complexity index is 1300. The second kappa shape index (κ2) is 10.3. The maximum atomic E-state index is 13.7. The van der Waals surface area contributed by atoms with Crippen LogP contribution in [0.15, 0.2) is 79.1 Å². The molecule has 0 saturated heterocycles. The van der Waals surface area contributed by atoms with E-state index in [-0.39, 0.29) is 17.9 Å². The lowest BCUT2D eigenvalue weighted by molar-refractivity contribution is 0.0724. The lowest BCUT2D eigenvalue weighted by atomic mass is 9.99. The Balaban J connectivity index is 1.55. The van der Waals surface area contributed by atoms with E-state index in [1.165, 1.54) is 0 Å². The first-order chi connectivity index (χ1) is 16.4. The summed E-state index contributed by atoms with van der Waals surface area (Å²) in [6.07, 6.45) is 4.89. The van der Waals surface area contributed by atoms with E-state index in [4.69, 9.17) is 0 Å². The van der Waals surface area contributed by atoms with Crippen LogP contribution >= 0.6 is 0 Å². The van der Waals surface area contributed by atoms with Crippen molar-refractivity contribution < 1.29 is 9.59 Å². The number of hydrogen-bond acceptors (Lipinski definition) is 3. The average Bonchev–Trinajstić information content (AvgIpc) is 3.28. The lowest BCUT2D eigenvalue weighted by Gasteiger charge is -2.29. The monoisotopic (exact) mass is 454 g/mol. The first-order valence-electron chi connectivity index (χ1n) is 11.5. The molecule has 4 aromatic rings. The average molecular weight is 455 g/mol. The minimum Gasteiger partial charge on any atom is -0.351 e. The van der Waals surface area contributed by atoms with Gasteiger partial charge in [0.15, 0.2) is 0 Å². The van der Waals surface area contributed by atoms with Crippen LogP contribution in [-0.4, -0.2) is 45.9 Å². The lowest BCUT2D eigenvalue weighted by Crippen LogP contribution is -2.41. The molecule has 0 aliphatic carbocycles. The Kier molecular flexibility index (Phi) is 7.07. The van der Waals surface area contributed by atoms with Crippen LogP contribution in [0.3, 0.4) is 0 Å². The molecule has 0 spiro atoms. The maximum absolute atomic E-state index is 13.7. The summed E-state index contributed by atoms with van der Waals surface area (Å²) in [5.41, 5.74) is 4.09. The fraction of sp³-hybridized carbons (Fsp3) is 0.250. The van der Waals surface area contributed by atoms with E-state index in [1.54, 1.807) is 21.7 Å². The number of nitrogens with one attached hydrogen (secondary N) is 1. The van der Waals surface area contributed by atoms with Gasteiger partial charge in [-0.3, -0.25) is 14.6 Å². The van der Waals surface area contributed by atoms with Gasteiger partial charge in [0.05, 0.1) is 11.1 Å². The van der Waals surface area contributed by atoms with Crippen molar-refractivity contribution in [1.82, 2.24) is 19.8 Å². The SMILES string of the molecule is Cc1cc(C(=O)N(C)C(CCNC(=O)c2cccn2C)Cc2ccccc2)c2ncccc2c1. The molecule has 34 heavy (non-hydrogen) atoms. The molecule has 1 N–H and O–H groups in total. The third kappa shape index (κ3) is 5.17. The highest BCUT2D eigenvalue weighted by Gasteiger charge is 2.24. The highest BCUT2D eigenvalue weighted by atomic mass is 16.2. The van der Waals surface area contributed by atoms with Crippen molar-refractivity contribution in [1.29, 1.82) is 0 Å². The summed E-state index contributed by atoms with van der Waals surface area (Å²) in [4.78, 5) is 32.5. The summed E-state index contributed by atoms with van der Waals surface area (Å²) >= 11 is 0. The van der Waals surface area contributed by atoms with Gasteiger partial charge in [-0.25, -0.2) is 0 Å². The fourth-order valence-corrected chi connectivity index (χ4v) is 4.32. The van der Waals surface area contributed by atoms with Gasteiger partial charge in [0.1, 0.15) is 5.69 Å². The van der Waals surface area contributed by atoms with Crippen molar-refractivity contribution in [2.24, 2.45) is 7.05 Å². The molecule has 174 valence electrons. The number of rotatable bonds is 8. The molecule has 1 unspecified atom stereocenters. The van der Waals surface area contributed by atoms with E-state index in [0.29, 0.717) is 36.2 Å². The van der Waals surface area contributed by atoms with Gasteiger partial charge in [0.2, 0.25) is 0 Å². The molecule has 2 heterocycles. The van der Waals surface area contributed by atoms with Crippen LogP contribution in [0.25, 0.3) is 10.9 Å². The minimum atomic E-state index is -0.117. The zero-order chi connectivity index (χ0) is 24.1. The Hall–Kier alpha value is -3.93. The molecule has 0 bridgehead atoms. The third-order valence-corrected chi connectivity index (χ3v) is 6.20. The molecule has 6 heteroatoms. The molecule has 2 amide bonds. The van der Waals surface area contributed by atoms with Crippen LogP contribution in [0.1, 0.15) is 38.4 Å². The van der Waals surface area contributed by atoms with Gasteiger partial charge in [0, 0.05) is 44.5 Å². The van der Waals surface area contributed by atoms with Crippen LogP contribution in [0.4, 0.5) is 0 Å². The van der Waals surface area contributed by atoms with E-state index < -0.39 is 0 Å². The normalized spacial score (nSPS) is 11.9. The predicted octanol–water partition coefficient (Wildman–Crippen LogP) is 4.39. The highest BCUT2D eigenvalue weighted by Crippen LogP contribution is 2.22. The molecule has 2 aromatic carbocycles. The molecule has 0 saturated carbocycles. The summed E-state index contributed by atoms with van der Waals surface area (Å²) in [5.74, 6) is -0.184. The molecular formula is C28H30N4O2. The second-order valence-electron chi connectivity index (χ2n) is 8.70. The quantitative estimate of drug-likeness (QED) is 0.430. The topological polar surface area (TPSA) is 67.2 Å². The molecule has 0 fully saturated rings. The van der Waals surface area contributed by atoms with E-state index in [2.05, 4.69) is 22.4 Å². The minimum absolute atomic E-state index is 0.0675. The van der Waals surface area contributed by atoms with Crippen molar-refractivity contribution in [3.63, 3.8) is 0 Å². The predicted molar refractivity (Wildman–Crippen MR) is 135 cm³/mol. The van der Waals surface area contributed by atoms with Crippen molar-refractivity contribution in [2.75, 3.05) is 13.6 Å². The summed E-state index contributed by atoms with van der Waals surface area (Å²) < 4.78 is 1.79. The van der Waals surface area contributed by atoms with Gasteiger partial charge in [-0.1, -0.05) is 36.4 Å². The Labute approximate surface area is 200 Å². The second-order valence-corrected chi connectivity index (χ2v) is 8.70. The first kappa shape index (κ1) is 23.2. The van der Waals surface area contributed by atoms with Crippen molar-refractivity contribution in [3.8, 4) is 0 Å². The van der Waals surface area contributed by atoms with Crippen LogP contribution < -0.4 is 5.32 Å². The number of amides is 2. The molecule has 0 aliphatic heterocycles. The van der Waals surface area contributed by atoms with E-state index >= 15 is 0 Å². The third-order valence-electron chi connectivity index (χ3n) is 6.20. The van der Waals surface area contributed by atoms with Crippen LogP contribution in [0.5, 0.6) is 0 Å². The molecule has 0 radical (unpaired) electrons. The van der Waals surface area contributed by atoms with Gasteiger partial charge >= 0.3 is 0 Å². The van der Waals surface area contributed by atoms with Crippen LogP contribution in [0, 0.1) is 6.92 Å². The van der Waals surface area contributed by atoms with Crippen molar-refractivity contribution >= 4 is 22.7 Å². The molecule has 4 rings (SSSR count). The molecule has 6 nitrogen and oxygen atoms in total. The van der Waals surface area contributed by atoms with Gasteiger partial charge in [-0.2, -0.15) is 0 Å². The number of nitrogens with zero attached hydrogens (tertiary/aromatic N) is 3.